The highest BCUT2D eigenvalue weighted by molar-refractivity contribution is 7.93. The number of carbonyl (C=O) groups excluding carboxylic acids is 4. The highest BCUT2D eigenvalue weighted by atomic mass is 32.2. The van der Waals surface area contributed by atoms with Crippen LogP contribution in [0, 0.1) is 0 Å². The quantitative estimate of drug-likeness (QED) is 0.269. The van der Waals surface area contributed by atoms with Crippen molar-refractivity contribution in [2.24, 2.45) is 0 Å². The number of alkyl carbamates (subject to hydrolysis) is 1. The van der Waals surface area contributed by atoms with Gasteiger partial charge in [-0.1, -0.05) is 67.2 Å². The van der Waals surface area contributed by atoms with E-state index in [0.29, 0.717) is 19.4 Å². The molecule has 44 heavy (non-hydrogen) atoms. The molecule has 4 N–H and O–H groups in total. The predicted octanol–water partition coefficient (Wildman–Crippen LogP) is 1.40. The zero-order valence-electron chi connectivity index (χ0n) is 24.6. The Hall–Kier alpha value is -4.72. The van der Waals surface area contributed by atoms with Crippen molar-refractivity contribution < 1.29 is 42.2 Å². The average molecular weight is 631 g/mol. The van der Waals surface area contributed by atoms with Crippen molar-refractivity contribution in [1.29, 1.82) is 0 Å². The summed E-state index contributed by atoms with van der Waals surface area (Å²) in [6.45, 7) is 4.54. The number of hydrogen-bond donors (Lipinski definition) is 4. The Morgan fingerprint density at radius 1 is 1.02 bits per heavy atom. The van der Waals surface area contributed by atoms with Gasteiger partial charge in [0.15, 0.2) is 9.84 Å². The number of nitrogens with zero attached hydrogens (tertiary/aromatic N) is 1. The number of aliphatic carboxylic acids is 1. The molecule has 2 aromatic rings. The summed E-state index contributed by atoms with van der Waals surface area (Å²) < 4.78 is 24.9. The Balaban J connectivity index is 0.00000102. The number of likely N-dealkylation sites (tertiary alicyclic amines) is 1. The minimum atomic E-state index is -2.90. The Labute approximate surface area is 256 Å². The molecule has 1 aliphatic rings. The van der Waals surface area contributed by atoms with Crippen LogP contribution < -0.4 is 16.0 Å². The van der Waals surface area contributed by atoms with Gasteiger partial charge in [0.1, 0.15) is 31.3 Å². The molecule has 0 bridgehead atoms. The molecule has 3 rings (SSSR count). The number of nitrogens with one attached hydrogen (secondary N) is 3. The zero-order valence-corrected chi connectivity index (χ0v) is 25.4. The van der Waals surface area contributed by atoms with E-state index in [2.05, 4.69) is 22.5 Å². The number of amides is 4. The number of carboxylic acids is 1. The van der Waals surface area contributed by atoms with Gasteiger partial charge in [-0.3, -0.25) is 14.4 Å². The van der Waals surface area contributed by atoms with E-state index < -0.39 is 57.7 Å². The molecule has 0 spiro atoms. The second-order valence-corrected chi connectivity index (χ2v) is 12.0. The van der Waals surface area contributed by atoms with Crippen molar-refractivity contribution in [3.63, 3.8) is 0 Å². The van der Waals surface area contributed by atoms with Gasteiger partial charge in [0.2, 0.25) is 17.7 Å². The molecular formula is C30H38N4O9S. The normalized spacial score (nSPS) is 15.4. The molecule has 1 heterocycles. The molecule has 0 radical (unpaired) electrons. The van der Waals surface area contributed by atoms with Crippen LogP contribution in [0.1, 0.15) is 30.9 Å². The molecule has 13 nitrogen and oxygen atoms in total. The average Bonchev–Trinajstić information content (AvgIpc) is 3.50. The second kappa shape index (κ2) is 17.4. The molecule has 0 aromatic heterocycles. The lowest BCUT2D eigenvalue weighted by Gasteiger charge is -2.26. The maximum absolute atomic E-state index is 12.9. The van der Waals surface area contributed by atoms with Gasteiger partial charge in [0.25, 0.3) is 0 Å². The Morgan fingerprint density at radius 3 is 2.14 bits per heavy atom. The number of rotatable bonds is 12. The van der Waals surface area contributed by atoms with Crippen molar-refractivity contribution in [3.05, 3.63) is 83.8 Å². The molecule has 0 unspecified atom stereocenters. The first kappa shape index (κ1) is 35.5. The van der Waals surface area contributed by atoms with Gasteiger partial charge in [0, 0.05) is 24.6 Å². The van der Waals surface area contributed by atoms with E-state index in [4.69, 9.17) is 4.74 Å². The Morgan fingerprint density at radius 2 is 1.59 bits per heavy atom. The molecule has 0 aliphatic carbocycles. The number of carboxylic acid groups (broad SMARTS) is 1. The molecule has 1 aliphatic heterocycles. The van der Waals surface area contributed by atoms with E-state index in [1.165, 1.54) is 11.8 Å². The number of benzene rings is 2. The van der Waals surface area contributed by atoms with Crippen LogP contribution in [-0.2, 0) is 46.8 Å². The smallest absolute Gasteiger partial charge is 0.407 e. The molecule has 0 saturated carbocycles. The van der Waals surface area contributed by atoms with Crippen LogP contribution in [0.2, 0.25) is 0 Å². The van der Waals surface area contributed by atoms with Gasteiger partial charge in [-0.25, -0.2) is 18.0 Å². The Bertz CT molecular complexity index is 1390. The molecule has 14 heteroatoms. The van der Waals surface area contributed by atoms with Gasteiger partial charge in [-0.2, -0.15) is 0 Å². The van der Waals surface area contributed by atoms with Crippen molar-refractivity contribution in [3.8, 4) is 0 Å². The van der Waals surface area contributed by atoms with Gasteiger partial charge >= 0.3 is 12.1 Å². The fraction of sp³-hybridized carbons (Fsp3) is 0.367. The summed E-state index contributed by atoms with van der Waals surface area (Å²) in [5.74, 6) is -2.83. The largest absolute Gasteiger partial charge is 0.480 e. The third-order valence-electron chi connectivity index (χ3n) is 6.42. The van der Waals surface area contributed by atoms with E-state index in [1.54, 1.807) is 42.5 Å². The summed E-state index contributed by atoms with van der Waals surface area (Å²) >= 11 is 0. The first-order chi connectivity index (χ1) is 20.8. The lowest BCUT2D eigenvalue weighted by atomic mass is 10.1. The van der Waals surface area contributed by atoms with Crippen LogP contribution in [-0.4, -0.2) is 85.7 Å². The summed E-state index contributed by atoms with van der Waals surface area (Å²) in [5.41, 5.74) is 1.55. The number of hydrogen-bond acceptors (Lipinski definition) is 8. The van der Waals surface area contributed by atoms with Crippen LogP contribution in [0.4, 0.5) is 4.79 Å². The predicted molar refractivity (Wildman–Crippen MR) is 162 cm³/mol. The van der Waals surface area contributed by atoms with Crippen LogP contribution in [0.5, 0.6) is 0 Å². The van der Waals surface area contributed by atoms with Crippen molar-refractivity contribution in [1.82, 2.24) is 20.9 Å². The number of ether oxygens (including phenoxy) is 1. The van der Waals surface area contributed by atoms with E-state index in [0.717, 1.165) is 22.8 Å². The fourth-order valence-electron chi connectivity index (χ4n) is 4.08. The van der Waals surface area contributed by atoms with E-state index in [-0.39, 0.29) is 19.6 Å². The highest BCUT2D eigenvalue weighted by Crippen LogP contribution is 2.17. The first-order valence-corrected chi connectivity index (χ1v) is 15.7. The van der Waals surface area contributed by atoms with Crippen molar-refractivity contribution in [2.45, 2.75) is 50.9 Å². The molecule has 2 aromatic carbocycles. The summed E-state index contributed by atoms with van der Waals surface area (Å²) in [4.78, 5) is 63.1. The lowest BCUT2D eigenvalue weighted by molar-refractivity contribution is -0.142. The maximum Gasteiger partial charge on any atom is 0.407 e. The molecule has 3 atom stereocenters. The van der Waals surface area contributed by atoms with Gasteiger partial charge in [-0.05, 0) is 30.9 Å². The summed E-state index contributed by atoms with van der Waals surface area (Å²) in [5, 5.41) is 17.8. The second-order valence-electron chi connectivity index (χ2n) is 9.98. The minimum absolute atomic E-state index is 0.0592. The van der Waals surface area contributed by atoms with E-state index >= 15 is 0 Å². The molecular weight excluding hydrogens is 592 g/mol. The third kappa shape index (κ3) is 12.7. The summed E-state index contributed by atoms with van der Waals surface area (Å²) in [7, 11) is -2.90. The maximum atomic E-state index is 12.9. The van der Waals surface area contributed by atoms with E-state index in [9.17, 15) is 37.5 Å². The lowest BCUT2D eigenvalue weighted by Crippen LogP contribution is -2.55. The summed E-state index contributed by atoms with van der Waals surface area (Å²) in [6, 6.07) is 15.0. The van der Waals surface area contributed by atoms with E-state index in [1.807, 2.05) is 18.2 Å². The first-order valence-electron chi connectivity index (χ1n) is 13.7. The van der Waals surface area contributed by atoms with Crippen LogP contribution in [0.15, 0.2) is 72.7 Å². The van der Waals surface area contributed by atoms with Crippen molar-refractivity contribution >= 4 is 39.6 Å². The van der Waals surface area contributed by atoms with Crippen LogP contribution in [0.3, 0.4) is 0 Å². The molecule has 4 amide bonds. The SMILES string of the molecule is C=CS(C)(=O)=O.C[C@H](NC(=O)[C@@H]1CCCN1C(=O)CNC(=O)OCc1ccccc1)C(=O)N[C@@H](Cc1ccccc1)C(=O)O. The minimum Gasteiger partial charge on any atom is -0.480 e. The fourth-order valence-corrected chi connectivity index (χ4v) is 4.08. The Kier molecular flexibility index (Phi) is 14.0. The molecule has 238 valence electrons. The standard InChI is InChI=1S/C27H32N4O7.C3H6O2S/c1-18(24(33)30-21(26(35)36)15-19-9-4-2-5-10-19)29-25(34)22-13-8-14-31(22)23(32)16-28-27(37)38-17-20-11-6-3-7-12-20;1-3-6(2,4)5/h2-7,9-12,18,21-22H,8,13-17H2,1H3,(H,28,37)(H,29,34)(H,30,33)(H,35,36);3H,1H2,2H3/t18-,21-,22-;/m0./s1. The number of carbonyl (C=O) groups is 5. The zero-order chi connectivity index (χ0) is 32.7. The molecule has 1 saturated heterocycles. The van der Waals surface area contributed by atoms with Gasteiger partial charge in [0.05, 0.1) is 0 Å². The molecule has 1 fully saturated rings. The third-order valence-corrected chi connectivity index (χ3v) is 7.03. The summed E-state index contributed by atoms with van der Waals surface area (Å²) in [6.07, 6.45) is 1.42. The monoisotopic (exact) mass is 630 g/mol. The van der Waals surface area contributed by atoms with Crippen LogP contribution in [0.25, 0.3) is 0 Å². The van der Waals surface area contributed by atoms with Gasteiger partial charge < -0.3 is 30.7 Å². The van der Waals surface area contributed by atoms with Crippen molar-refractivity contribution in [2.75, 3.05) is 19.3 Å². The topological polar surface area (TPSA) is 188 Å². The number of sulfone groups is 1. The van der Waals surface area contributed by atoms with Gasteiger partial charge in [-0.15, -0.1) is 0 Å². The van der Waals surface area contributed by atoms with Crippen LogP contribution >= 0.6 is 0 Å². The highest BCUT2D eigenvalue weighted by Gasteiger charge is 2.35.